The van der Waals surface area contributed by atoms with Gasteiger partial charge in [-0.25, -0.2) is 4.98 Å². The highest BCUT2D eigenvalue weighted by atomic mass is 32.1. The Balaban J connectivity index is 1.74. The molecule has 0 bridgehead atoms. The second-order valence-corrected chi connectivity index (χ2v) is 7.44. The minimum absolute atomic E-state index is 0.120. The lowest BCUT2D eigenvalue weighted by Gasteiger charge is -2.19. The van der Waals surface area contributed by atoms with Crippen LogP contribution in [0.25, 0.3) is 11.3 Å². The summed E-state index contributed by atoms with van der Waals surface area (Å²) in [5, 5.41) is 6.11. The van der Waals surface area contributed by atoms with Crippen LogP contribution in [0.15, 0.2) is 67.0 Å². The van der Waals surface area contributed by atoms with E-state index in [9.17, 15) is 4.79 Å². The molecule has 4 N–H and O–H groups in total. The number of carbonyl (C=O) groups is 1. The van der Waals surface area contributed by atoms with Crippen molar-refractivity contribution in [2.45, 2.75) is 25.6 Å². The molecule has 8 heteroatoms. The molecule has 1 aromatic carbocycles. The molecule has 3 aromatic rings. The van der Waals surface area contributed by atoms with Gasteiger partial charge in [0.1, 0.15) is 0 Å². The Hall–Kier alpha value is -3.10. The fourth-order valence-electron chi connectivity index (χ4n) is 2.80. The van der Waals surface area contributed by atoms with Crippen molar-refractivity contribution in [3.8, 4) is 17.1 Å². The maximum Gasteiger partial charge on any atom is 0.261 e. The van der Waals surface area contributed by atoms with Gasteiger partial charge >= 0.3 is 0 Å². The minimum atomic E-state index is -0.741. The van der Waals surface area contributed by atoms with Crippen molar-refractivity contribution in [3.05, 3.63) is 72.6 Å². The summed E-state index contributed by atoms with van der Waals surface area (Å²) in [6.07, 6.45) is 2.66. The molecule has 162 valence electrons. The summed E-state index contributed by atoms with van der Waals surface area (Å²) >= 11 is 4.22. The number of nitrogens with one attached hydrogen (secondary N) is 2. The molecule has 7 nitrogen and oxygen atoms in total. The first-order valence-electron chi connectivity index (χ1n) is 10.1. The molecule has 2 unspecified atom stereocenters. The number of anilines is 1. The Morgan fingerprint density at radius 2 is 1.97 bits per heavy atom. The SMILES string of the molecule is CC(Oc1nc(-c2ccccc2)ccc1NCC(N)CS)C(=O)NCc1cccnc1. The van der Waals surface area contributed by atoms with Gasteiger partial charge in [-0.15, -0.1) is 0 Å². The van der Waals surface area contributed by atoms with Crippen molar-refractivity contribution >= 4 is 24.2 Å². The quantitative estimate of drug-likeness (QED) is 0.364. The average molecular weight is 438 g/mol. The smallest absolute Gasteiger partial charge is 0.261 e. The van der Waals surface area contributed by atoms with Crippen LogP contribution in [0.4, 0.5) is 5.69 Å². The average Bonchev–Trinajstić information content (AvgIpc) is 2.82. The molecule has 0 spiro atoms. The molecule has 1 amide bonds. The highest BCUT2D eigenvalue weighted by molar-refractivity contribution is 7.80. The molecule has 31 heavy (non-hydrogen) atoms. The van der Waals surface area contributed by atoms with Crippen molar-refractivity contribution in [2.75, 3.05) is 17.6 Å². The van der Waals surface area contributed by atoms with Crippen LogP contribution in [-0.4, -0.2) is 40.3 Å². The van der Waals surface area contributed by atoms with Gasteiger partial charge in [0, 0.05) is 42.8 Å². The first kappa shape index (κ1) is 22.6. The van der Waals surface area contributed by atoms with Crippen LogP contribution in [0.5, 0.6) is 5.88 Å². The highest BCUT2D eigenvalue weighted by Gasteiger charge is 2.18. The number of thiol groups is 1. The third kappa shape index (κ3) is 6.70. The summed E-state index contributed by atoms with van der Waals surface area (Å²) in [6.45, 7) is 2.58. The van der Waals surface area contributed by atoms with E-state index in [4.69, 9.17) is 10.5 Å². The van der Waals surface area contributed by atoms with Crippen LogP contribution in [0.1, 0.15) is 12.5 Å². The number of carbonyl (C=O) groups excluding carboxylic acids is 1. The molecule has 0 aliphatic rings. The zero-order valence-corrected chi connectivity index (χ0v) is 18.3. The molecule has 0 radical (unpaired) electrons. The fourth-order valence-corrected chi connectivity index (χ4v) is 2.93. The van der Waals surface area contributed by atoms with Crippen molar-refractivity contribution in [1.29, 1.82) is 0 Å². The number of hydrogen-bond donors (Lipinski definition) is 4. The molecule has 2 aromatic heterocycles. The van der Waals surface area contributed by atoms with Gasteiger partial charge in [-0.2, -0.15) is 12.6 Å². The molecular weight excluding hydrogens is 410 g/mol. The third-order valence-corrected chi connectivity index (χ3v) is 5.04. The molecule has 0 fully saturated rings. The van der Waals surface area contributed by atoms with E-state index < -0.39 is 6.10 Å². The molecule has 3 rings (SSSR count). The predicted molar refractivity (Wildman–Crippen MR) is 126 cm³/mol. The second-order valence-electron chi connectivity index (χ2n) is 7.08. The lowest BCUT2D eigenvalue weighted by atomic mass is 10.1. The zero-order chi connectivity index (χ0) is 22.1. The van der Waals surface area contributed by atoms with Gasteiger partial charge in [-0.1, -0.05) is 36.4 Å². The van der Waals surface area contributed by atoms with E-state index in [0.717, 1.165) is 16.8 Å². The molecule has 0 aliphatic heterocycles. The number of pyridine rings is 2. The molecule has 0 aliphatic carbocycles. The van der Waals surface area contributed by atoms with Crippen LogP contribution in [-0.2, 0) is 11.3 Å². The maximum atomic E-state index is 12.6. The van der Waals surface area contributed by atoms with Crippen molar-refractivity contribution in [3.63, 3.8) is 0 Å². The Morgan fingerprint density at radius 1 is 1.16 bits per heavy atom. The van der Waals surface area contributed by atoms with E-state index in [1.807, 2.05) is 54.6 Å². The molecule has 0 saturated heterocycles. The first-order chi connectivity index (χ1) is 15.1. The van der Waals surface area contributed by atoms with Gasteiger partial charge in [0.15, 0.2) is 6.10 Å². The number of rotatable bonds is 10. The standard InChI is InChI=1S/C23H27N5O2S/c1-16(22(29)27-13-17-6-5-11-25-12-17)30-23-21(26-14-19(24)15-31)10-9-20(28-23)18-7-3-2-4-8-18/h2-12,16,19,26,31H,13-15,24H2,1H3,(H,27,29). The van der Waals surface area contributed by atoms with Crippen LogP contribution in [0.3, 0.4) is 0 Å². The topological polar surface area (TPSA) is 102 Å². The Morgan fingerprint density at radius 3 is 2.68 bits per heavy atom. The number of benzene rings is 1. The van der Waals surface area contributed by atoms with E-state index >= 15 is 0 Å². The largest absolute Gasteiger partial charge is 0.463 e. The van der Waals surface area contributed by atoms with Gasteiger partial charge < -0.3 is 21.1 Å². The zero-order valence-electron chi connectivity index (χ0n) is 17.4. The lowest BCUT2D eigenvalue weighted by Crippen LogP contribution is -2.36. The van der Waals surface area contributed by atoms with Gasteiger partial charge in [0.05, 0.1) is 11.4 Å². The number of hydrogen-bond acceptors (Lipinski definition) is 7. The van der Waals surface area contributed by atoms with Crippen LogP contribution in [0.2, 0.25) is 0 Å². The number of aromatic nitrogens is 2. The lowest BCUT2D eigenvalue weighted by molar-refractivity contribution is -0.127. The van der Waals surface area contributed by atoms with Crippen LogP contribution >= 0.6 is 12.6 Å². The maximum absolute atomic E-state index is 12.6. The minimum Gasteiger partial charge on any atom is -0.463 e. The van der Waals surface area contributed by atoms with E-state index in [-0.39, 0.29) is 11.9 Å². The van der Waals surface area contributed by atoms with E-state index in [1.54, 1.807) is 19.3 Å². The summed E-state index contributed by atoms with van der Waals surface area (Å²) in [6, 6.07) is 17.2. The summed E-state index contributed by atoms with van der Waals surface area (Å²) in [5.74, 6) is 0.650. The van der Waals surface area contributed by atoms with Gasteiger partial charge in [-0.05, 0) is 30.7 Å². The monoisotopic (exact) mass is 437 g/mol. The number of ether oxygens (including phenoxy) is 1. The second kappa shape index (κ2) is 11.3. The molecule has 2 atom stereocenters. The number of nitrogens with two attached hydrogens (primary N) is 1. The summed E-state index contributed by atoms with van der Waals surface area (Å²) < 4.78 is 5.96. The predicted octanol–water partition coefficient (Wildman–Crippen LogP) is 2.90. The Labute approximate surface area is 187 Å². The molecule has 2 heterocycles. The summed E-state index contributed by atoms with van der Waals surface area (Å²) in [5.41, 5.74) is 9.26. The third-order valence-electron chi connectivity index (χ3n) is 4.57. The van der Waals surface area contributed by atoms with E-state index in [1.165, 1.54) is 0 Å². The van der Waals surface area contributed by atoms with Crippen LogP contribution < -0.4 is 21.1 Å². The van der Waals surface area contributed by atoms with Crippen molar-refractivity contribution < 1.29 is 9.53 Å². The van der Waals surface area contributed by atoms with Gasteiger partial charge in [-0.3, -0.25) is 9.78 Å². The number of nitrogens with zero attached hydrogens (tertiary/aromatic N) is 2. The fraction of sp³-hybridized carbons (Fsp3) is 0.261. The van der Waals surface area contributed by atoms with Gasteiger partial charge in [0.25, 0.3) is 5.91 Å². The first-order valence-corrected chi connectivity index (χ1v) is 10.7. The highest BCUT2D eigenvalue weighted by Crippen LogP contribution is 2.28. The normalized spacial score (nSPS) is 12.6. The molecule has 0 saturated carbocycles. The van der Waals surface area contributed by atoms with Crippen LogP contribution in [0, 0.1) is 0 Å². The van der Waals surface area contributed by atoms with Crippen molar-refractivity contribution in [1.82, 2.24) is 15.3 Å². The van der Waals surface area contributed by atoms with Crippen molar-refractivity contribution in [2.24, 2.45) is 5.73 Å². The molecular formula is C23H27N5O2S. The van der Waals surface area contributed by atoms with E-state index in [2.05, 4.69) is 33.2 Å². The Bertz CT molecular complexity index is 972. The van der Waals surface area contributed by atoms with E-state index in [0.29, 0.717) is 30.4 Å². The summed E-state index contributed by atoms with van der Waals surface area (Å²) in [7, 11) is 0. The Kier molecular flexibility index (Phi) is 8.26. The van der Waals surface area contributed by atoms with Gasteiger partial charge in [0.2, 0.25) is 5.88 Å². The summed E-state index contributed by atoms with van der Waals surface area (Å²) in [4.78, 5) is 21.3. The number of amides is 1.